The summed E-state index contributed by atoms with van der Waals surface area (Å²) in [5, 5.41) is 6.03. The van der Waals surface area contributed by atoms with Gasteiger partial charge in [0.05, 0.1) is 15.7 Å². The topological polar surface area (TPSA) is 23.6 Å². The Kier molecular flexibility index (Phi) is 8.07. The summed E-state index contributed by atoms with van der Waals surface area (Å²) in [6.45, 7) is 7.18. The van der Waals surface area contributed by atoms with Gasteiger partial charge in [0.25, 0.3) is 0 Å². The Bertz CT molecular complexity index is 1180. The van der Waals surface area contributed by atoms with Crippen LogP contribution in [0.1, 0.15) is 53.6 Å². The number of Topliss-reactive ketones (excluding diaryl/α,β-unsaturated/α-hetero) is 1. The molecule has 0 amide bonds. The van der Waals surface area contributed by atoms with E-state index in [1.807, 2.05) is 49.4 Å². The number of ketones is 1. The number of hydrogen-bond donors (Lipinski definition) is 0. The molecule has 36 heavy (non-hydrogen) atoms. The number of aryl methyl sites for hydroxylation is 1. The number of halogens is 2. The van der Waals surface area contributed by atoms with Gasteiger partial charge in [-0.1, -0.05) is 59.6 Å². The van der Waals surface area contributed by atoms with Gasteiger partial charge in [-0.25, -0.2) is 0 Å². The second kappa shape index (κ2) is 11.3. The number of benzene rings is 2. The highest BCUT2D eigenvalue weighted by Crippen LogP contribution is 2.44. The van der Waals surface area contributed by atoms with E-state index in [1.54, 1.807) is 11.3 Å². The molecule has 1 aromatic heterocycles. The first-order valence-electron chi connectivity index (χ1n) is 13.0. The third kappa shape index (κ3) is 5.52. The standard InChI is InChI=1S/C30H34Cl2N2OS/c1-22-7-9-26(31)29(28(22)32)34-17-14-30(21-34,25-13-18-36-19-25)20-33-15-11-23(12-16-33)8-10-27(35)24-5-3-2-4-6-24/h2-7,9,13,18-19,23H,8,10-12,14-17,20-21H2,1H3/t30-/m0/s1. The van der Waals surface area contributed by atoms with Crippen molar-refractivity contribution in [1.82, 2.24) is 4.90 Å². The maximum absolute atomic E-state index is 12.5. The van der Waals surface area contributed by atoms with E-state index in [0.29, 0.717) is 12.3 Å². The second-order valence-corrected chi connectivity index (χ2v) is 12.1. The molecule has 2 aliphatic heterocycles. The van der Waals surface area contributed by atoms with Gasteiger partial charge in [-0.3, -0.25) is 4.79 Å². The lowest BCUT2D eigenvalue weighted by Gasteiger charge is -2.39. The van der Waals surface area contributed by atoms with Gasteiger partial charge in [0, 0.05) is 37.0 Å². The van der Waals surface area contributed by atoms with Gasteiger partial charge in [0.2, 0.25) is 0 Å². The summed E-state index contributed by atoms with van der Waals surface area (Å²) < 4.78 is 0. The number of rotatable bonds is 8. The van der Waals surface area contributed by atoms with Crippen molar-refractivity contribution in [2.45, 2.75) is 44.4 Å². The Balaban J connectivity index is 1.22. The van der Waals surface area contributed by atoms with Crippen molar-refractivity contribution in [3.05, 3.63) is 86.0 Å². The monoisotopic (exact) mass is 540 g/mol. The Labute approximate surface area is 229 Å². The molecule has 0 aliphatic carbocycles. The fourth-order valence-corrected chi connectivity index (χ4v) is 7.37. The third-order valence-electron chi connectivity index (χ3n) is 8.17. The predicted octanol–water partition coefficient (Wildman–Crippen LogP) is 7.89. The molecule has 0 bridgehead atoms. The summed E-state index contributed by atoms with van der Waals surface area (Å²) in [6.07, 6.45) is 5.08. The zero-order valence-corrected chi connectivity index (χ0v) is 23.2. The summed E-state index contributed by atoms with van der Waals surface area (Å²) in [6, 6.07) is 16.0. The number of thiophene rings is 1. The van der Waals surface area contributed by atoms with E-state index in [0.717, 1.165) is 72.4 Å². The van der Waals surface area contributed by atoms with Gasteiger partial charge in [0.15, 0.2) is 5.78 Å². The lowest BCUT2D eigenvalue weighted by molar-refractivity contribution is 0.0957. The van der Waals surface area contributed by atoms with Crippen LogP contribution >= 0.6 is 34.5 Å². The lowest BCUT2D eigenvalue weighted by atomic mass is 9.79. The van der Waals surface area contributed by atoms with E-state index < -0.39 is 0 Å². The quantitative estimate of drug-likeness (QED) is 0.271. The van der Waals surface area contributed by atoms with Crippen LogP contribution in [0, 0.1) is 12.8 Å². The summed E-state index contributed by atoms with van der Waals surface area (Å²) in [7, 11) is 0. The highest BCUT2D eigenvalue weighted by molar-refractivity contribution is 7.08. The Morgan fingerprint density at radius 1 is 1.06 bits per heavy atom. The number of likely N-dealkylation sites (tertiary alicyclic amines) is 1. The normalized spacial score (nSPS) is 21.2. The number of piperidine rings is 1. The van der Waals surface area contributed by atoms with E-state index >= 15 is 0 Å². The minimum absolute atomic E-state index is 0.0759. The fraction of sp³-hybridized carbons (Fsp3) is 0.433. The summed E-state index contributed by atoms with van der Waals surface area (Å²) in [4.78, 5) is 17.6. The molecular weight excluding hydrogens is 507 g/mol. The lowest BCUT2D eigenvalue weighted by Crippen LogP contribution is -2.46. The zero-order valence-electron chi connectivity index (χ0n) is 20.9. The van der Waals surface area contributed by atoms with E-state index in [1.165, 1.54) is 18.4 Å². The molecule has 2 fully saturated rings. The van der Waals surface area contributed by atoms with Crippen molar-refractivity contribution < 1.29 is 4.79 Å². The number of carbonyl (C=O) groups excluding carboxylic acids is 1. The number of anilines is 1. The Morgan fingerprint density at radius 3 is 2.56 bits per heavy atom. The predicted molar refractivity (Wildman–Crippen MR) is 153 cm³/mol. The van der Waals surface area contributed by atoms with Crippen LogP contribution < -0.4 is 4.90 Å². The van der Waals surface area contributed by atoms with Gasteiger partial charge in [-0.15, -0.1) is 0 Å². The molecule has 5 rings (SSSR count). The summed E-state index contributed by atoms with van der Waals surface area (Å²) >= 11 is 15.2. The minimum atomic E-state index is 0.0759. The van der Waals surface area contributed by atoms with Crippen LogP contribution in [-0.4, -0.2) is 43.4 Å². The molecule has 1 atom stereocenters. The molecule has 3 heterocycles. The molecule has 2 aliphatic rings. The molecule has 2 aromatic carbocycles. The SMILES string of the molecule is Cc1ccc(Cl)c(N2CC[C@@](CN3CCC(CCC(=O)c4ccccc4)CC3)(c3ccsc3)C2)c1Cl. The van der Waals surface area contributed by atoms with Gasteiger partial charge >= 0.3 is 0 Å². The second-order valence-electron chi connectivity index (χ2n) is 10.5. The Hall–Kier alpha value is -1.85. The third-order valence-corrected chi connectivity index (χ3v) is 9.64. The van der Waals surface area contributed by atoms with Crippen LogP contribution in [0.4, 0.5) is 5.69 Å². The Morgan fingerprint density at radius 2 is 1.83 bits per heavy atom. The van der Waals surface area contributed by atoms with Gasteiger partial charge < -0.3 is 9.80 Å². The van der Waals surface area contributed by atoms with Crippen molar-refractivity contribution in [1.29, 1.82) is 0 Å². The van der Waals surface area contributed by atoms with Crippen LogP contribution in [0.25, 0.3) is 0 Å². The summed E-state index contributed by atoms with van der Waals surface area (Å²) in [5.41, 5.74) is 4.40. The minimum Gasteiger partial charge on any atom is -0.368 e. The van der Waals surface area contributed by atoms with Crippen molar-refractivity contribution >= 4 is 46.0 Å². The maximum Gasteiger partial charge on any atom is 0.162 e. The summed E-state index contributed by atoms with van der Waals surface area (Å²) in [5.74, 6) is 0.907. The van der Waals surface area contributed by atoms with Crippen LogP contribution in [0.15, 0.2) is 59.3 Å². The first kappa shape index (κ1) is 25.8. The highest BCUT2D eigenvalue weighted by atomic mass is 35.5. The maximum atomic E-state index is 12.5. The fourth-order valence-electron chi connectivity index (χ4n) is 5.98. The van der Waals surface area contributed by atoms with E-state index in [9.17, 15) is 4.79 Å². The molecule has 2 saturated heterocycles. The van der Waals surface area contributed by atoms with E-state index in [2.05, 4.69) is 26.6 Å². The molecule has 0 spiro atoms. The number of carbonyl (C=O) groups is 1. The molecule has 6 heteroatoms. The molecule has 0 unspecified atom stereocenters. The number of hydrogen-bond acceptors (Lipinski definition) is 4. The van der Waals surface area contributed by atoms with Crippen molar-refractivity contribution in [3.63, 3.8) is 0 Å². The van der Waals surface area contributed by atoms with E-state index in [-0.39, 0.29) is 11.2 Å². The van der Waals surface area contributed by atoms with Crippen molar-refractivity contribution in [2.75, 3.05) is 37.6 Å². The molecule has 0 saturated carbocycles. The van der Waals surface area contributed by atoms with E-state index in [4.69, 9.17) is 23.2 Å². The molecule has 3 aromatic rings. The van der Waals surface area contributed by atoms with Crippen LogP contribution in [-0.2, 0) is 5.41 Å². The molecule has 190 valence electrons. The molecule has 0 radical (unpaired) electrons. The average molecular weight is 542 g/mol. The van der Waals surface area contributed by atoms with Gasteiger partial charge in [-0.2, -0.15) is 11.3 Å². The number of nitrogens with zero attached hydrogens (tertiary/aromatic N) is 2. The van der Waals surface area contributed by atoms with Gasteiger partial charge in [-0.05, 0) is 85.6 Å². The molecule has 3 nitrogen and oxygen atoms in total. The largest absolute Gasteiger partial charge is 0.368 e. The first-order valence-corrected chi connectivity index (χ1v) is 14.7. The van der Waals surface area contributed by atoms with Gasteiger partial charge in [0.1, 0.15) is 0 Å². The van der Waals surface area contributed by atoms with Crippen molar-refractivity contribution in [2.24, 2.45) is 5.92 Å². The van der Waals surface area contributed by atoms with Crippen LogP contribution in [0.5, 0.6) is 0 Å². The smallest absolute Gasteiger partial charge is 0.162 e. The van der Waals surface area contributed by atoms with Crippen LogP contribution in [0.3, 0.4) is 0 Å². The molecular formula is C30H34Cl2N2OS. The zero-order chi connectivity index (χ0) is 25.1. The highest BCUT2D eigenvalue weighted by Gasteiger charge is 2.42. The molecule has 0 N–H and O–H groups in total. The average Bonchev–Trinajstić information content (AvgIpc) is 3.58. The van der Waals surface area contributed by atoms with Crippen LogP contribution in [0.2, 0.25) is 10.0 Å². The first-order chi connectivity index (χ1) is 17.4. The van der Waals surface area contributed by atoms with Crippen molar-refractivity contribution in [3.8, 4) is 0 Å².